The van der Waals surface area contributed by atoms with E-state index in [4.69, 9.17) is 53.1 Å². The molecule has 2 aliphatic rings. The molecule has 402 valence electrons. The topological polar surface area (TPSA) is 238 Å². The molecule has 2 heterocycles. The maximum absolute atomic E-state index is 14.5. The van der Waals surface area contributed by atoms with Crippen molar-refractivity contribution in [2.75, 3.05) is 13.2 Å². The molecule has 1 unspecified atom stereocenters. The molecule has 0 radical (unpaired) electrons. The molecule has 79 heavy (non-hydrogen) atoms. The van der Waals surface area contributed by atoms with Crippen LogP contribution in [0.2, 0.25) is 0 Å². The maximum atomic E-state index is 14.5. The first-order chi connectivity index (χ1) is 38.5. The van der Waals surface area contributed by atoms with Crippen molar-refractivity contribution in [2.45, 2.75) is 61.3 Å². The quantitative estimate of drug-likeness (QED) is 0.0642. The van der Waals surface area contributed by atoms with Gasteiger partial charge in [-0.25, -0.2) is 33.6 Å². The molecule has 0 aromatic heterocycles. The van der Waals surface area contributed by atoms with Crippen molar-refractivity contribution in [2.24, 2.45) is 5.73 Å². The van der Waals surface area contributed by atoms with Crippen LogP contribution in [0.25, 0.3) is 0 Å². The summed E-state index contributed by atoms with van der Waals surface area (Å²) in [5.74, 6) is -6.48. The van der Waals surface area contributed by atoms with E-state index in [9.17, 15) is 33.6 Å². The molecule has 2 fully saturated rings. The summed E-state index contributed by atoms with van der Waals surface area (Å²) in [6.07, 6.45) is -17.9. The standard InChI is InChI=1S/C61H51NO17/c62-53-51(77-59(68)43-32-18-6-19-33-43)49(47(74-56(65)40-26-12-3-13-27-40)45(72-53)36-70-54(63)38-22-8-1-9-23-38)79-61-52(78-60(69)44-34-20-7-21-35-44)50(76-58(67)42-30-16-5-17-31-42)48(75-57(66)41-28-14-4-15-29-41)46(73-61)37-71-55(64)39-24-10-2-11-25-39/h1-35,45-53,61H,36-37,62H2/t45-,46-,47-,48-,49+,50+,51+,52+,53?,61-/m1/s1. The van der Waals surface area contributed by atoms with Crippen molar-refractivity contribution in [1.82, 2.24) is 0 Å². The van der Waals surface area contributed by atoms with E-state index >= 15 is 0 Å². The Hall–Kier alpha value is -9.33. The average Bonchev–Trinajstić information content (AvgIpc) is 3.61. The van der Waals surface area contributed by atoms with Gasteiger partial charge in [-0.1, -0.05) is 127 Å². The number of ether oxygens (including phenoxy) is 10. The number of hydrogen-bond donors (Lipinski definition) is 1. The molecule has 0 spiro atoms. The maximum Gasteiger partial charge on any atom is 0.338 e. The molecule has 2 saturated heterocycles. The van der Waals surface area contributed by atoms with Crippen LogP contribution < -0.4 is 5.73 Å². The summed E-state index contributed by atoms with van der Waals surface area (Å²) < 4.78 is 62.6. The van der Waals surface area contributed by atoms with Crippen LogP contribution in [0, 0.1) is 0 Å². The lowest BCUT2D eigenvalue weighted by Crippen LogP contribution is -2.68. The van der Waals surface area contributed by atoms with Crippen molar-refractivity contribution >= 4 is 41.8 Å². The minimum absolute atomic E-state index is 0.00357. The highest BCUT2D eigenvalue weighted by Crippen LogP contribution is 2.36. The second-order valence-corrected chi connectivity index (χ2v) is 17.9. The number of benzene rings is 7. The Labute approximate surface area is 452 Å². The van der Waals surface area contributed by atoms with Gasteiger partial charge in [0.25, 0.3) is 0 Å². The van der Waals surface area contributed by atoms with Crippen molar-refractivity contribution in [3.8, 4) is 0 Å². The zero-order valence-electron chi connectivity index (χ0n) is 41.9. The lowest BCUT2D eigenvalue weighted by atomic mass is 9.95. The lowest BCUT2D eigenvalue weighted by molar-refractivity contribution is -0.338. The van der Waals surface area contributed by atoms with Gasteiger partial charge in [0.05, 0.1) is 38.9 Å². The average molecular weight is 1070 g/mol. The Balaban J connectivity index is 1.18. The predicted molar refractivity (Wildman–Crippen MR) is 278 cm³/mol. The molecule has 0 bridgehead atoms. The number of carbonyl (C=O) groups is 7. The van der Waals surface area contributed by atoms with Crippen molar-refractivity contribution in [3.05, 3.63) is 251 Å². The highest BCUT2D eigenvalue weighted by atomic mass is 16.8. The molecule has 0 saturated carbocycles. The second kappa shape index (κ2) is 26.1. The van der Waals surface area contributed by atoms with Crippen LogP contribution in [0.4, 0.5) is 0 Å². The Kier molecular flexibility index (Phi) is 18.0. The van der Waals surface area contributed by atoms with Crippen molar-refractivity contribution in [1.29, 1.82) is 0 Å². The van der Waals surface area contributed by atoms with Crippen LogP contribution in [-0.2, 0) is 47.4 Å². The van der Waals surface area contributed by atoms with Crippen LogP contribution in [0.15, 0.2) is 212 Å². The lowest BCUT2D eigenvalue weighted by Gasteiger charge is -2.48. The molecular formula is C61H51NO17. The normalized spacial score (nSPS) is 22.4. The highest BCUT2D eigenvalue weighted by molar-refractivity contribution is 5.93. The van der Waals surface area contributed by atoms with Gasteiger partial charge in [0.15, 0.2) is 36.8 Å². The van der Waals surface area contributed by atoms with E-state index in [-0.39, 0.29) is 38.9 Å². The van der Waals surface area contributed by atoms with Gasteiger partial charge in [0.2, 0.25) is 0 Å². The molecule has 18 heteroatoms. The molecule has 2 N–H and O–H groups in total. The number of nitrogens with two attached hydrogens (primary N) is 1. The Morgan fingerprint density at radius 3 is 0.886 bits per heavy atom. The molecule has 7 aromatic carbocycles. The fraction of sp³-hybridized carbons (Fsp3) is 0.197. The second-order valence-electron chi connectivity index (χ2n) is 17.9. The van der Waals surface area contributed by atoms with Gasteiger partial charge >= 0.3 is 41.8 Å². The molecule has 7 aromatic rings. The van der Waals surface area contributed by atoms with Gasteiger partial charge in [0.1, 0.15) is 37.8 Å². The van der Waals surface area contributed by atoms with E-state index < -0.39 is 116 Å². The number of hydrogen-bond acceptors (Lipinski definition) is 18. The Morgan fingerprint density at radius 1 is 0.304 bits per heavy atom. The van der Waals surface area contributed by atoms with Crippen LogP contribution in [0.5, 0.6) is 0 Å². The van der Waals surface area contributed by atoms with Gasteiger partial charge < -0.3 is 53.1 Å². The molecule has 9 rings (SSSR count). The summed E-state index contributed by atoms with van der Waals surface area (Å²) >= 11 is 0. The summed E-state index contributed by atoms with van der Waals surface area (Å²) in [5.41, 5.74) is 7.26. The largest absolute Gasteiger partial charge is 0.459 e. The number of esters is 7. The summed E-state index contributed by atoms with van der Waals surface area (Å²) in [5, 5.41) is 0. The van der Waals surface area contributed by atoms with Gasteiger partial charge in [-0.2, -0.15) is 0 Å². The van der Waals surface area contributed by atoms with Gasteiger partial charge in [-0.05, 0) is 84.9 Å². The number of carbonyl (C=O) groups excluding carboxylic acids is 7. The predicted octanol–water partition coefficient (Wildman–Crippen LogP) is 7.62. The third kappa shape index (κ3) is 13.8. The first kappa shape index (κ1) is 54.5. The smallest absolute Gasteiger partial charge is 0.338 e. The minimum atomic E-state index is -2.05. The van der Waals surface area contributed by atoms with Crippen molar-refractivity contribution < 1.29 is 80.9 Å². The van der Waals surface area contributed by atoms with E-state index in [1.807, 2.05) is 0 Å². The molecule has 0 aliphatic carbocycles. The summed E-state index contributed by atoms with van der Waals surface area (Å²) in [7, 11) is 0. The molecule has 18 nitrogen and oxygen atoms in total. The van der Waals surface area contributed by atoms with E-state index in [0.29, 0.717) is 0 Å². The zero-order valence-corrected chi connectivity index (χ0v) is 41.9. The third-order valence-corrected chi connectivity index (χ3v) is 12.6. The molecule has 0 amide bonds. The Bertz CT molecular complexity index is 3170. The van der Waals surface area contributed by atoms with E-state index in [1.54, 1.807) is 127 Å². The van der Waals surface area contributed by atoms with Gasteiger partial charge in [-0.3, -0.25) is 0 Å². The van der Waals surface area contributed by atoms with Crippen LogP contribution in [-0.4, -0.2) is 116 Å². The molecule has 2 aliphatic heterocycles. The number of rotatable bonds is 18. The van der Waals surface area contributed by atoms with Crippen LogP contribution in [0.1, 0.15) is 72.5 Å². The monoisotopic (exact) mass is 1070 g/mol. The summed E-state index contributed by atoms with van der Waals surface area (Å²) in [6.45, 7) is -1.37. The first-order valence-electron chi connectivity index (χ1n) is 25.0. The van der Waals surface area contributed by atoms with E-state index in [2.05, 4.69) is 0 Å². The van der Waals surface area contributed by atoms with Crippen molar-refractivity contribution in [3.63, 3.8) is 0 Å². The highest BCUT2D eigenvalue weighted by Gasteiger charge is 2.58. The van der Waals surface area contributed by atoms with E-state index in [0.717, 1.165) is 0 Å². The fourth-order valence-corrected chi connectivity index (χ4v) is 8.65. The third-order valence-electron chi connectivity index (χ3n) is 12.6. The SMILES string of the molecule is NC1O[C@H](COC(=O)c2ccccc2)[C@@H](OC(=O)c2ccccc2)[C@H](O[C@H]2O[C@H](COC(=O)c3ccccc3)[C@@H](OC(=O)c3ccccc3)[C@H](OC(=O)c3ccccc3)[C@@H]2OC(=O)c2ccccc2)[C@@H]1OC(=O)c1ccccc1. The molecule has 10 atom stereocenters. The Morgan fingerprint density at radius 2 is 0.557 bits per heavy atom. The zero-order chi connectivity index (χ0) is 55.1. The fourth-order valence-electron chi connectivity index (χ4n) is 8.65. The van der Waals surface area contributed by atoms with Crippen LogP contribution in [0.3, 0.4) is 0 Å². The minimum Gasteiger partial charge on any atom is -0.459 e. The summed E-state index contributed by atoms with van der Waals surface area (Å²) in [6, 6.07) is 54.7. The molecular weight excluding hydrogens is 1020 g/mol. The van der Waals surface area contributed by atoms with Gasteiger partial charge in [-0.15, -0.1) is 0 Å². The van der Waals surface area contributed by atoms with E-state index in [1.165, 1.54) is 84.9 Å². The first-order valence-corrected chi connectivity index (χ1v) is 25.0. The summed E-state index contributed by atoms with van der Waals surface area (Å²) in [4.78, 5) is 98.8. The van der Waals surface area contributed by atoms with Crippen LogP contribution >= 0.6 is 0 Å². The van der Waals surface area contributed by atoms with Gasteiger partial charge in [0, 0.05) is 0 Å².